The number of phenols is 1. The number of ether oxygens (including phenoxy) is 2. The highest BCUT2D eigenvalue weighted by atomic mass is 16.5. The molecular formula is C19H23N3O6. The lowest BCUT2D eigenvalue weighted by molar-refractivity contribution is -0.134. The standard InChI is InChI=1S/C19H23N3O6/c1-20-17(24)14(18(25)21(2)19(20)26)9-12-8-13(16(23)15(10-12)27-3)11-22-4-6-28-7-5-22/h8-10,23H,4-7,11H2,1-3H3. The van der Waals surface area contributed by atoms with Crippen LogP contribution >= 0.6 is 0 Å². The van der Waals surface area contributed by atoms with Gasteiger partial charge >= 0.3 is 6.03 Å². The van der Waals surface area contributed by atoms with Crippen molar-refractivity contribution < 1.29 is 29.0 Å². The summed E-state index contributed by atoms with van der Waals surface area (Å²) in [5.41, 5.74) is 1.00. The highest BCUT2D eigenvalue weighted by Crippen LogP contribution is 2.33. The lowest BCUT2D eigenvalue weighted by atomic mass is 10.0. The third-order valence-corrected chi connectivity index (χ3v) is 4.85. The molecule has 0 bridgehead atoms. The Morgan fingerprint density at radius 2 is 1.71 bits per heavy atom. The molecule has 2 aliphatic heterocycles. The van der Waals surface area contributed by atoms with E-state index in [1.165, 1.54) is 27.3 Å². The summed E-state index contributed by atoms with van der Waals surface area (Å²) >= 11 is 0. The van der Waals surface area contributed by atoms with E-state index >= 15 is 0 Å². The van der Waals surface area contributed by atoms with Gasteiger partial charge in [-0.1, -0.05) is 0 Å². The first-order valence-corrected chi connectivity index (χ1v) is 8.85. The number of benzene rings is 1. The topological polar surface area (TPSA) is 99.6 Å². The summed E-state index contributed by atoms with van der Waals surface area (Å²) in [5, 5.41) is 10.5. The quantitative estimate of drug-likeness (QED) is 0.597. The predicted molar refractivity (Wildman–Crippen MR) is 99.7 cm³/mol. The van der Waals surface area contributed by atoms with E-state index in [0.717, 1.165) is 22.9 Å². The smallest absolute Gasteiger partial charge is 0.333 e. The van der Waals surface area contributed by atoms with Gasteiger partial charge in [-0.15, -0.1) is 0 Å². The molecule has 150 valence electrons. The van der Waals surface area contributed by atoms with E-state index < -0.39 is 17.8 Å². The van der Waals surface area contributed by atoms with Gasteiger partial charge in [-0.3, -0.25) is 24.3 Å². The van der Waals surface area contributed by atoms with Gasteiger partial charge in [0, 0.05) is 39.3 Å². The van der Waals surface area contributed by atoms with Crippen molar-refractivity contribution in [2.75, 3.05) is 47.5 Å². The number of methoxy groups -OCH3 is 1. The Morgan fingerprint density at radius 3 is 2.29 bits per heavy atom. The zero-order valence-electron chi connectivity index (χ0n) is 16.1. The molecule has 2 aliphatic rings. The van der Waals surface area contributed by atoms with Gasteiger partial charge < -0.3 is 14.6 Å². The number of likely N-dealkylation sites (N-methyl/N-ethyl adjacent to an activating group) is 2. The van der Waals surface area contributed by atoms with Gasteiger partial charge in [0.25, 0.3) is 11.8 Å². The van der Waals surface area contributed by atoms with Crippen LogP contribution in [0.3, 0.4) is 0 Å². The van der Waals surface area contributed by atoms with E-state index in [-0.39, 0.29) is 17.1 Å². The molecule has 0 saturated carbocycles. The van der Waals surface area contributed by atoms with Crippen LogP contribution in [0.15, 0.2) is 17.7 Å². The minimum Gasteiger partial charge on any atom is -0.504 e. The largest absolute Gasteiger partial charge is 0.504 e. The first kappa shape index (κ1) is 19.8. The Hall–Kier alpha value is -2.91. The van der Waals surface area contributed by atoms with Crippen molar-refractivity contribution in [1.82, 2.24) is 14.7 Å². The van der Waals surface area contributed by atoms with Crippen molar-refractivity contribution in [2.45, 2.75) is 6.54 Å². The lowest BCUT2D eigenvalue weighted by Gasteiger charge is -2.29. The Labute approximate surface area is 162 Å². The van der Waals surface area contributed by atoms with Gasteiger partial charge in [-0.25, -0.2) is 4.79 Å². The number of amides is 4. The van der Waals surface area contributed by atoms with Crippen LogP contribution in [0.4, 0.5) is 4.79 Å². The normalized spacial score (nSPS) is 18.7. The minimum atomic E-state index is -0.677. The number of morpholine rings is 1. The van der Waals surface area contributed by atoms with Gasteiger partial charge in [0.2, 0.25) is 0 Å². The van der Waals surface area contributed by atoms with E-state index in [2.05, 4.69) is 4.90 Å². The third kappa shape index (κ3) is 3.71. The number of barbiturate groups is 1. The summed E-state index contributed by atoms with van der Waals surface area (Å²) in [6.45, 7) is 3.20. The number of carbonyl (C=O) groups excluding carboxylic acids is 3. The van der Waals surface area contributed by atoms with Crippen LogP contribution in [0, 0.1) is 0 Å². The van der Waals surface area contributed by atoms with Crippen LogP contribution in [0.25, 0.3) is 6.08 Å². The molecule has 0 radical (unpaired) electrons. The zero-order valence-corrected chi connectivity index (χ0v) is 16.1. The van der Waals surface area contributed by atoms with E-state index in [9.17, 15) is 19.5 Å². The van der Waals surface area contributed by atoms with Crippen molar-refractivity contribution >= 4 is 23.9 Å². The summed E-state index contributed by atoms with van der Waals surface area (Å²) in [6.07, 6.45) is 1.41. The predicted octanol–water partition coefficient (Wildman–Crippen LogP) is 0.667. The second kappa shape index (κ2) is 7.99. The maximum absolute atomic E-state index is 12.4. The highest BCUT2D eigenvalue weighted by molar-refractivity contribution is 6.30. The third-order valence-electron chi connectivity index (χ3n) is 4.85. The van der Waals surface area contributed by atoms with Crippen molar-refractivity contribution in [3.63, 3.8) is 0 Å². The number of imide groups is 2. The van der Waals surface area contributed by atoms with Crippen LogP contribution in [0.2, 0.25) is 0 Å². The molecule has 0 unspecified atom stereocenters. The summed E-state index contributed by atoms with van der Waals surface area (Å²) < 4.78 is 10.6. The molecule has 9 nitrogen and oxygen atoms in total. The first-order valence-electron chi connectivity index (χ1n) is 8.85. The van der Waals surface area contributed by atoms with Gasteiger partial charge in [-0.2, -0.15) is 0 Å². The number of phenolic OH excluding ortho intramolecular Hbond substituents is 1. The van der Waals surface area contributed by atoms with Gasteiger partial charge in [0.1, 0.15) is 5.57 Å². The molecule has 2 fully saturated rings. The maximum Gasteiger partial charge on any atom is 0.333 e. The molecule has 0 aromatic heterocycles. The van der Waals surface area contributed by atoms with E-state index in [1.54, 1.807) is 12.1 Å². The number of hydrogen-bond acceptors (Lipinski definition) is 7. The molecule has 0 spiro atoms. The molecule has 3 rings (SSSR count). The number of nitrogens with zero attached hydrogens (tertiary/aromatic N) is 3. The molecule has 1 N–H and O–H groups in total. The molecule has 2 saturated heterocycles. The molecule has 28 heavy (non-hydrogen) atoms. The Bertz CT molecular complexity index is 818. The fourth-order valence-corrected chi connectivity index (χ4v) is 3.19. The Morgan fingerprint density at radius 1 is 1.11 bits per heavy atom. The maximum atomic E-state index is 12.4. The van der Waals surface area contributed by atoms with E-state index in [4.69, 9.17) is 9.47 Å². The number of urea groups is 1. The van der Waals surface area contributed by atoms with Crippen LogP contribution in [-0.4, -0.2) is 85.2 Å². The number of carbonyl (C=O) groups is 3. The molecule has 9 heteroatoms. The fraction of sp³-hybridized carbons (Fsp3) is 0.421. The van der Waals surface area contributed by atoms with Gasteiger partial charge in [0.05, 0.1) is 20.3 Å². The van der Waals surface area contributed by atoms with Gasteiger partial charge in [0.15, 0.2) is 11.5 Å². The Balaban J connectivity index is 1.97. The highest BCUT2D eigenvalue weighted by Gasteiger charge is 2.37. The van der Waals surface area contributed by atoms with E-state index in [1.807, 2.05) is 0 Å². The molecular weight excluding hydrogens is 366 g/mol. The second-order valence-corrected chi connectivity index (χ2v) is 6.69. The fourth-order valence-electron chi connectivity index (χ4n) is 3.19. The van der Waals surface area contributed by atoms with E-state index in [0.29, 0.717) is 30.9 Å². The summed E-state index contributed by atoms with van der Waals surface area (Å²) in [5.74, 6) is -1.09. The van der Waals surface area contributed by atoms with Gasteiger partial charge in [-0.05, 0) is 23.8 Å². The summed E-state index contributed by atoms with van der Waals surface area (Å²) in [7, 11) is 4.08. The van der Waals surface area contributed by atoms with Crippen molar-refractivity contribution in [3.8, 4) is 11.5 Å². The summed E-state index contributed by atoms with van der Waals surface area (Å²) in [4.78, 5) is 40.6. The molecule has 2 heterocycles. The van der Waals surface area contributed by atoms with Crippen LogP contribution in [-0.2, 0) is 20.9 Å². The molecule has 1 aromatic rings. The monoisotopic (exact) mass is 389 g/mol. The molecule has 1 aromatic carbocycles. The Kier molecular flexibility index (Phi) is 5.66. The first-order chi connectivity index (χ1) is 13.3. The zero-order chi connectivity index (χ0) is 20.4. The lowest BCUT2D eigenvalue weighted by Crippen LogP contribution is -2.52. The average Bonchev–Trinajstić information content (AvgIpc) is 2.71. The number of aromatic hydroxyl groups is 1. The van der Waals surface area contributed by atoms with Crippen molar-refractivity contribution in [2.24, 2.45) is 0 Å². The summed E-state index contributed by atoms with van der Waals surface area (Å²) in [6, 6.07) is 2.57. The minimum absolute atomic E-state index is 0.0156. The van der Waals surface area contributed by atoms with Crippen molar-refractivity contribution in [1.29, 1.82) is 0 Å². The van der Waals surface area contributed by atoms with Crippen LogP contribution in [0.1, 0.15) is 11.1 Å². The number of rotatable bonds is 4. The second-order valence-electron chi connectivity index (χ2n) is 6.69. The van der Waals surface area contributed by atoms with Crippen LogP contribution in [0.5, 0.6) is 11.5 Å². The number of hydrogen-bond donors (Lipinski definition) is 1. The molecule has 4 amide bonds. The molecule has 0 atom stereocenters. The van der Waals surface area contributed by atoms with Crippen LogP contribution < -0.4 is 4.74 Å². The average molecular weight is 389 g/mol. The van der Waals surface area contributed by atoms with Crippen molar-refractivity contribution in [3.05, 3.63) is 28.8 Å². The molecule has 0 aliphatic carbocycles. The SMILES string of the molecule is COc1cc(C=C2C(=O)N(C)C(=O)N(C)C2=O)cc(CN2CCOCC2)c1O.